The topological polar surface area (TPSA) is 3.24 Å². The molecule has 0 bridgehead atoms. The molecular weight excluding hydrogens is 230 g/mol. The average Bonchev–Trinajstić information content (AvgIpc) is 3.00. The standard InChI is InChI=1S/C16H19N.C2H6/c1-2-9-16-14(6-1)7-5-8-15(16)10-13-17-11-3-4-12-17;1-2/h1-2,5-9H,3-4,10-13H2;1-2H3. The van der Waals surface area contributed by atoms with Gasteiger partial charge in [0.25, 0.3) is 0 Å². The van der Waals surface area contributed by atoms with E-state index in [1.807, 2.05) is 13.8 Å². The fourth-order valence-electron chi connectivity index (χ4n) is 2.80. The van der Waals surface area contributed by atoms with Gasteiger partial charge in [-0.25, -0.2) is 0 Å². The van der Waals surface area contributed by atoms with Crippen LogP contribution in [0, 0.1) is 0 Å². The number of likely N-dealkylation sites (tertiary alicyclic amines) is 1. The molecule has 102 valence electrons. The Bertz CT molecular complexity index is 493. The van der Waals surface area contributed by atoms with E-state index in [1.165, 1.54) is 55.2 Å². The van der Waals surface area contributed by atoms with E-state index in [1.54, 1.807) is 0 Å². The molecule has 0 amide bonds. The molecule has 1 heteroatoms. The predicted octanol–water partition coefficient (Wildman–Crippen LogP) is 4.50. The lowest BCUT2D eigenvalue weighted by molar-refractivity contribution is 0.344. The Morgan fingerprint density at radius 3 is 2.37 bits per heavy atom. The summed E-state index contributed by atoms with van der Waals surface area (Å²) in [4.78, 5) is 2.59. The van der Waals surface area contributed by atoms with Crippen LogP contribution < -0.4 is 0 Å². The van der Waals surface area contributed by atoms with Gasteiger partial charge in [-0.2, -0.15) is 0 Å². The fraction of sp³-hybridized carbons (Fsp3) is 0.444. The Morgan fingerprint density at radius 1 is 0.895 bits per heavy atom. The summed E-state index contributed by atoms with van der Waals surface area (Å²) >= 11 is 0. The van der Waals surface area contributed by atoms with Crippen molar-refractivity contribution in [2.24, 2.45) is 0 Å². The first-order valence-electron chi connectivity index (χ1n) is 7.62. The molecule has 0 N–H and O–H groups in total. The molecule has 2 aromatic rings. The van der Waals surface area contributed by atoms with E-state index in [2.05, 4.69) is 47.4 Å². The number of rotatable bonds is 3. The molecule has 1 fully saturated rings. The maximum absolute atomic E-state index is 2.59. The van der Waals surface area contributed by atoms with Crippen molar-refractivity contribution in [2.75, 3.05) is 19.6 Å². The van der Waals surface area contributed by atoms with Gasteiger partial charge >= 0.3 is 0 Å². The second-order valence-electron chi connectivity index (χ2n) is 4.94. The summed E-state index contributed by atoms with van der Waals surface area (Å²) < 4.78 is 0. The summed E-state index contributed by atoms with van der Waals surface area (Å²) in [5, 5.41) is 2.79. The predicted molar refractivity (Wildman–Crippen MR) is 84.7 cm³/mol. The minimum absolute atomic E-state index is 1.18. The van der Waals surface area contributed by atoms with Gasteiger partial charge in [0.05, 0.1) is 0 Å². The van der Waals surface area contributed by atoms with E-state index >= 15 is 0 Å². The Kier molecular flexibility index (Phi) is 5.41. The largest absolute Gasteiger partial charge is 0.303 e. The van der Waals surface area contributed by atoms with Crippen molar-refractivity contribution in [1.29, 1.82) is 0 Å². The summed E-state index contributed by atoms with van der Waals surface area (Å²) in [6, 6.07) is 15.4. The lowest BCUT2D eigenvalue weighted by Gasteiger charge is -2.15. The molecule has 3 rings (SSSR count). The number of benzene rings is 2. The van der Waals surface area contributed by atoms with E-state index in [9.17, 15) is 0 Å². The van der Waals surface area contributed by atoms with Gasteiger partial charge in [0.1, 0.15) is 0 Å². The Labute approximate surface area is 117 Å². The molecule has 0 spiro atoms. The first kappa shape index (κ1) is 14.1. The maximum atomic E-state index is 2.59. The third-order valence-corrected chi connectivity index (χ3v) is 3.78. The molecule has 19 heavy (non-hydrogen) atoms. The molecule has 1 nitrogen and oxygen atoms in total. The van der Waals surface area contributed by atoms with Crippen LogP contribution in [0.1, 0.15) is 32.3 Å². The summed E-state index contributed by atoms with van der Waals surface area (Å²) in [6.07, 6.45) is 3.95. The summed E-state index contributed by atoms with van der Waals surface area (Å²) in [5.41, 5.74) is 1.50. The number of nitrogens with zero attached hydrogens (tertiary/aromatic N) is 1. The number of hydrogen-bond donors (Lipinski definition) is 0. The Morgan fingerprint density at radius 2 is 1.58 bits per heavy atom. The van der Waals surface area contributed by atoms with Crippen LogP contribution in [0.25, 0.3) is 10.8 Å². The van der Waals surface area contributed by atoms with Gasteiger partial charge in [0.15, 0.2) is 0 Å². The summed E-state index contributed by atoms with van der Waals surface area (Å²) in [5.74, 6) is 0. The quantitative estimate of drug-likeness (QED) is 0.780. The van der Waals surface area contributed by atoms with E-state index in [4.69, 9.17) is 0 Å². The van der Waals surface area contributed by atoms with Gasteiger partial charge in [-0.15, -0.1) is 0 Å². The molecule has 1 aliphatic rings. The van der Waals surface area contributed by atoms with Crippen molar-refractivity contribution < 1.29 is 0 Å². The van der Waals surface area contributed by atoms with Crippen LogP contribution in [0.2, 0.25) is 0 Å². The third-order valence-electron chi connectivity index (χ3n) is 3.78. The van der Waals surface area contributed by atoms with E-state index in [0.29, 0.717) is 0 Å². The van der Waals surface area contributed by atoms with Crippen molar-refractivity contribution in [3.05, 3.63) is 48.0 Å². The molecular formula is C18H25N. The average molecular weight is 255 g/mol. The van der Waals surface area contributed by atoms with Crippen LogP contribution in [0.3, 0.4) is 0 Å². The zero-order valence-corrected chi connectivity index (χ0v) is 12.2. The molecule has 1 aliphatic heterocycles. The highest BCUT2D eigenvalue weighted by Crippen LogP contribution is 2.19. The molecule has 0 atom stereocenters. The fourth-order valence-corrected chi connectivity index (χ4v) is 2.80. The normalized spacial score (nSPS) is 15.3. The number of fused-ring (bicyclic) bond motifs is 1. The molecule has 0 aliphatic carbocycles. The SMILES string of the molecule is CC.c1ccc2c(CCN3CCCC3)cccc2c1. The highest BCUT2D eigenvalue weighted by atomic mass is 15.1. The zero-order valence-electron chi connectivity index (χ0n) is 12.2. The van der Waals surface area contributed by atoms with Gasteiger partial charge in [-0.1, -0.05) is 56.3 Å². The molecule has 0 unspecified atom stereocenters. The molecule has 1 heterocycles. The minimum Gasteiger partial charge on any atom is -0.303 e. The Hall–Kier alpha value is -1.34. The van der Waals surface area contributed by atoms with Gasteiger partial charge in [-0.3, -0.25) is 0 Å². The first-order chi connectivity index (χ1) is 9.43. The van der Waals surface area contributed by atoms with E-state index < -0.39 is 0 Å². The van der Waals surface area contributed by atoms with Crippen molar-refractivity contribution in [3.63, 3.8) is 0 Å². The highest BCUT2D eigenvalue weighted by molar-refractivity contribution is 5.85. The van der Waals surface area contributed by atoms with Gasteiger partial charge in [0, 0.05) is 6.54 Å². The van der Waals surface area contributed by atoms with Crippen LogP contribution >= 0.6 is 0 Å². The molecule has 0 saturated carbocycles. The summed E-state index contributed by atoms with van der Waals surface area (Å²) in [7, 11) is 0. The maximum Gasteiger partial charge on any atom is 0.00220 e. The third kappa shape index (κ3) is 3.57. The monoisotopic (exact) mass is 255 g/mol. The smallest absolute Gasteiger partial charge is 0.00220 e. The first-order valence-corrected chi connectivity index (χ1v) is 7.62. The second-order valence-corrected chi connectivity index (χ2v) is 4.94. The zero-order chi connectivity index (χ0) is 13.5. The Balaban J connectivity index is 0.000000637. The highest BCUT2D eigenvalue weighted by Gasteiger charge is 2.11. The van der Waals surface area contributed by atoms with Crippen LogP contribution in [0.5, 0.6) is 0 Å². The summed E-state index contributed by atoms with van der Waals surface area (Å²) in [6.45, 7) is 7.81. The lowest BCUT2D eigenvalue weighted by atomic mass is 10.0. The van der Waals surface area contributed by atoms with E-state index in [0.717, 1.165) is 0 Å². The minimum atomic E-state index is 1.18. The van der Waals surface area contributed by atoms with Crippen molar-refractivity contribution in [3.8, 4) is 0 Å². The van der Waals surface area contributed by atoms with Crippen LogP contribution in [-0.2, 0) is 6.42 Å². The van der Waals surface area contributed by atoms with Gasteiger partial charge in [0.2, 0.25) is 0 Å². The molecule has 0 aromatic heterocycles. The van der Waals surface area contributed by atoms with Crippen molar-refractivity contribution in [2.45, 2.75) is 33.1 Å². The number of hydrogen-bond acceptors (Lipinski definition) is 1. The molecule has 1 saturated heterocycles. The van der Waals surface area contributed by atoms with Crippen LogP contribution in [-0.4, -0.2) is 24.5 Å². The van der Waals surface area contributed by atoms with Crippen LogP contribution in [0.15, 0.2) is 42.5 Å². The van der Waals surface area contributed by atoms with Gasteiger partial charge < -0.3 is 4.90 Å². The van der Waals surface area contributed by atoms with Crippen molar-refractivity contribution >= 4 is 10.8 Å². The molecule has 2 aromatic carbocycles. The second kappa shape index (κ2) is 7.30. The van der Waals surface area contributed by atoms with E-state index in [-0.39, 0.29) is 0 Å². The van der Waals surface area contributed by atoms with Crippen molar-refractivity contribution in [1.82, 2.24) is 4.90 Å². The van der Waals surface area contributed by atoms with Crippen LogP contribution in [0.4, 0.5) is 0 Å². The lowest BCUT2D eigenvalue weighted by Crippen LogP contribution is -2.21. The molecule has 0 radical (unpaired) electrons. The van der Waals surface area contributed by atoms with Gasteiger partial charge in [-0.05, 0) is 48.7 Å².